The monoisotopic (exact) mass is 526 g/mol. The van der Waals surface area contributed by atoms with E-state index in [0.29, 0.717) is 0 Å². The lowest BCUT2D eigenvalue weighted by Gasteiger charge is -2.16. The van der Waals surface area contributed by atoms with Crippen molar-refractivity contribution in [3.05, 3.63) is 119 Å². The standard InChI is InChI=1S/C36H31ClN2/c37-32-22-30(24-9-13-28(14-10-24)35-19-17-26-5-1-3-7-33(26)38-35)21-31(23-32)25-11-15-29(16-12-25)36-20-18-27-6-2-4-8-34(27)39-36/h9-23H,1-8H2. The van der Waals surface area contributed by atoms with E-state index in [1.807, 2.05) is 12.1 Å². The molecule has 0 fully saturated rings. The fourth-order valence-corrected chi connectivity index (χ4v) is 6.31. The molecular formula is C36H31ClN2. The first-order chi connectivity index (χ1) is 19.2. The van der Waals surface area contributed by atoms with Crippen LogP contribution in [0.25, 0.3) is 44.8 Å². The van der Waals surface area contributed by atoms with Crippen LogP contribution in [0.4, 0.5) is 0 Å². The largest absolute Gasteiger partial charge is 0.253 e. The van der Waals surface area contributed by atoms with Gasteiger partial charge in [0.1, 0.15) is 0 Å². The third-order valence-electron chi connectivity index (χ3n) is 8.28. The molecule has 0 spiro atoms. The molecule has 5 aromatic rings. The van der Waals surface area contributed by atoms with Gasteiger partial charge in [-0.05, 0) is 115 Å². The minimum atomic E-state index is 0.739. The SMILES string of the molecule is Clc1cc(-c2ccc(-c3ccc4c(n3)CCCC4)cc2)cc(-c2ccc(-c3ccc4c(n3)CCCC4)cc2)c1. The van der Waals surface area contributed by atoms with E-state index in [-0.39, 0.29) is 0 Å². The summed E-state index contributed by atoms with van der Waals surface area (Å²) >= 11 is 6.62. The van der Waals surface area contributed by atoms with Gasteiger partial charge in [-0.2, -0.15) is 0 Å². The maximum absolute atomic E-state index is 6.62. The second-order valence-electron chi connectivity index (χ2n) is 10.9. The molecule has 0 radical (unpaired) electrons. The van der Waals surface area contributed by atoms with Gasteiger partial charge in [0, 0.05) is 27.5 Å². The Kier molecular flexibility index (Phi) is 6.50. The summed E-state index contributed by atoms with van der Waals surface area (Å²) in [6.45, 7) is 0. The number of nitrogens with zero attached hydrogens (tertiary/aromatic N) is 2. The van der Waals surface area contributed by atoms with Crippen LogP contribution in [0.5, 0.6) is 0 Å². The highest BCUT2D eigenvalue weighted by atomic mass is 35.5. The van der Waals surface area contributed by atoms with Crippen LogP contribution in [0.15, 0.2) is 91.0 Å². The molecule has 2 aromatic heterocycles. The van der Waals surface area contributed by atoms with Crippen LogP contribution in [-0.4, -0.2) is 9.97 Å². The molecule has 2 heterocycles. The Morgan fingerprint density at radius 2 is 0.821 bits per heavy atom. The maximum atomic E-state index is 6.62. The molecule has 3 aromatic carbocycles. The molecule has 0 saturated heterocycles. The van der Waals surface area contributed by atoms with E-state index in [2.05, 4.69) is 78.9 Å². The van der Waals surface area contributed by atoms with Gasteiger partial charge in [0.15, 0.2) is 0 Å². The van der Waals surface area contributed by atoms with Crippen LogP contribution in [0, 0.1) is 0 Å². The fraction of sp³-hybridized carbons (Fsp3) is 0.222. The van der Waals surface area contributed by atoms with Crippen LogP contribution in [-0.2, 0) is 25.7 Å². The maximum Gasteiger partial charge on any atom is 0.0705 e. The molecule has 0 aliphatic heterocycles. The van der Waals surface area contributed by atoms with Gasteiger partial charge in [-0.1, -0.05) is 72.3 Å². The Balaban J connectivity index is 1.14. The topological polar surface area (TPSA) is 25.8 Å². The average Bonchev–Trinajstić information content (AvgIpc) is 3.00. The number of benzene rings is 3. The van der Waals surface area contributed by atoms with Crippen molar-refractivity contribution in [3.63, 3.8) is 0 Å². The predicted molar refractivity (Wildman–Crippen MR) is 162 cm³/mol. The summed E-state index contributed by atoms with van der Waals surface area (Å²) in [7, 11) is 0. The molecule has 0 unspecified atom stereocenters. The number of aromatic nitrogens is 2. The molecule has 0 saturated carbocycles. The highest BCUT2D eigenvalue weighted by Gasteiger charge is 2.14. The lowest BCUT2D eigenvalue weighted by molar-refractivity contribution is 0.668. The van der Waals surface area contributed by atoms with Crippen molar-refractivity contribution in [1.82, 2.24) is 9.97 Å². The molecule has 192 valence electrons. The molecular weight excluding hydrogens is 496 g/mol. The summed E-state index contributed by atoms with van der Waals surface area (Å²) in [5.41, 5.74) is 14.3. The molecule has 2 aliphatic rings. The van der Waals surface area contributed by atoms with Crippen molar-refractivity contribution >= 4 is 11.6 Å². The normalized spacial score (nSPS) is 14.5. The van der Waals surface area contributed by atoms with E-state index in [9.17, 15) is 0 Å². The quantitative estimate of drug-likeness (QED) is 0.233. The van der Waals surface area contributed by atoms with Gasteiger partial charge in [-0.25, -0.2) is 0 Å². The third-order valence-corrected chi connectivity index (χ3v) is 8.50. The van der Waals surface area contributed by atoms with Gasteiger partial charge < -0.3 is 0 Å². The Morgan fingerprint density at radius 3 is 1.28 bits per heavy atom. The number of fused-ring (bicyclic) bond motifs is 2. The zero-order valence-electron chi connectivity index (χ0n) is 22.1. The zero-order chi connectivity index (χ0) is 26.2. The zero-order valence-corrected chi connectivity index (χ0v) is 22.8. The number of pyridine rings is 2. The minimum absolute atomic E-state index is 0.739. The van der Waals surface area contributed by atoms with E-state index in [0.717, 1.165) is 75.5 Å². The predicted octanol–water partition coefficient (Wildman–Crippen LogP) is 9.56. The van der Waals surface area contributed by atoms with E-state index >= 15 is 0 Å². The Labute approximate surface area is 235 Å². The molecule has 2 aliphatic carbocycles. The van der Waals surface area contributed by atoms with Crippen molar-refractivity contribution in [2.24, 2.45) is 0 Å². The summed E-state index contributed by atoms with van der Waals surface area (Å²) in [4.78, 5) is 9.96. The van der Waals surface area contributed by atoms with Gasteiger partial charge in [-0.15, -0.1) is 0 Å². The molecule has 0 atom stereocenters. The molecule has 0 N–H and O–H groups in total. The van der Waals surface area contributed by atoms with Crippen LogP contribution < -0.4 is 0 Å². The fourth-order valence-electron chi connectivity index (χ4n) is 6.08. The molecule has 3 heteroatoms. The van der Waals surface area contributed by atoms with E-state index in [4.69, 9.17) is 21.6 Å². The van der Waals surface area contributed by atoms with E-state index < -0.39 is 0 Å². The number of rotatable bonds is 4. The first kappa shape index (κ1) is 24.3. The highest BCUT2D eigenvalue weighted by molar-refractivity contribution is 6.31. The summed E-state index contributed by atoms with van der Waals surface area (Å²) in [5.74, 6) is 0. The van der Waals surface area contributed by atoms with Gasteiger partial charge in [0.05, 0.1) is 11.4 Å². The number of halogens is 1. The van der Waals surface area contributed by atoms with Crippen molar-refractivity contribution in [1.29, 1.82) is 0 Å². The van der Waals surface area contributed by atoms with Crippen LogP contribution >= 0.6 is 11.6 Å². The third kappa shape index (κ3) is 5.02. The first-order valence-electron chi connectivity index (χ1n) is 14.2. The minimum Gasteiger partial charge on any atom is -0.253 e. The Bertz CT molecular complexity index is 1530. The molecule has 0 amide bonds. The van der Waals surface area contributed by atoms with Crippen LogP contribution in [0.2, 0.25) is 5.02 Å². The number of hydrogen-bond donors (Lipinski definition) is 0. The van der Waals surface area contributed by atoms with Crippen molar-refractivity contribution in [2.45, 2.75) is 51.4 Å². The average molecular weight is 527 g/mol. The van der Waals surface area contributed by atoms with Crippen LogP contribution in [0.1, 0.15) is 48.2 Å². The van der Waals surface area contributed by atoms with E-state index in [1.165, 1.54) is 48.2 Å². The summed E-state index contributed by atoms with van der Waals surface area (Å²) in [5, 5.41) is 0.739. The summed E-state index contributed by atoms with van der Waals surface area (Å²) in [6.07, 6.45) is 9.55. The van der Waals surface area contributed by atoms with Gasteiger partial charge in [0.25, 0.3) is 0 Å². The van der Waals surface area contributed by atoms with Gasteiger partial charge in [-0.3, -0.25) is 9.97 Å². The van der Waals surface area contributed by atoms with Crippen LogP contribution in [0.3, 0.4) is 0 Å². The molecule has 2 nitrogen and oxygen atoms in total. The highest BCUT2D eigenvalue weighted by Crippen LogP contribution is 2.33. The van der Waals surface area contributed by atoms with E-state index in [1.54, 1.807) is 0 Å². The lowest BCUT2D eigenvalue weighted by atomic mass is 9.94. The number of aryl methyl sites for hydroxylation is 4. The van der Waals surface area contributed by atoms with Crippen molar-refractivity contribution in [2.75, 3.05) is 0 Å². The smallest absolute Gasteiger partial charge is 0.0705 e. The second kappa shape index (κ2) is 10.4. The van der Waals surface area contributed by atoms with Crippen molar-refractivity contribution in [3.8, 4) is 44.8 Å². The summed E-state index contributed by atoms with van der Waals surface area (Å²) < 4.78 is 0. The Morgan fingerprint density at radius 1 is 0.410 bits per heavy atom. The molecule has 7 rings (SSSR count). The first-order valence-corrected chi connectivity index (χ1v) is 14.6. The number of hydrogen-bond acceptors (Lipinski definition) is 2. The second-order valence-corrected chi connectivity index (χ2v) is 11.3. The molecule has 39 heavy (non-hydrogen) atoms. The molecule has 0 bridgehead atoms. The Hall–Kier alpha value is -3.75. The lowest BCUT2D eigenvalue weighted by Crippen LogP contribution is -2.05. The van der Waals surface area contributed by atoms with Gasteiger partial charge in [0.2, 0.25) is 0 Å². The summed E-state index contributed by atoms with van der Waals surface area (Å²) in [6, 6.07) is 32.6. The van der Waals surface area contributed by atoms with Gasteiger partial charge >= 0.3 is 0 Å². The van der Waals surface area contributed by atoms with Crippen molar-refractivity contribution < 1.29 is 0 Å².